The van der Waals surface area contributed by atoms with Gasteiger partial charge in [-0.1, -0.05) is 11.6 Å². The maximum atomic E-state index is 13.1. The Morgan fingerprint density at radius 1 is 1.28 bits per heavy atom. The van der Waals surface area contributed by atoms with Gasteiger partial charge in [0.1, 0.15) is 11.5 Å². The fourth-order valence-electron chi connectivity index (χ4n) is 3.06. The van der Waals surface area contributed by atoms with Gasteiger partial charge in [0.2, 0.25) is 0 Å². The zero-order chi connectivity index (χ0) is 17.6. The second kappa shape index (κ2) is 6.28. The first-order valence-electron chi connectivity index (χ1n) is 7.87. The maximum absolute atomic E-state index is 13.1. The first-order valence-corrected chi connectivity index (χ1v) is 9.07. The molecule has 3 heterocycles. The van der Waals surface area contributed by atoms with Gasteiger partial charge in [-0.15, -0.1) is 11.3 Å². The highest BCUT2D eigenvalue weighted by molar-refractivity contribution is 7.16. The molecular weight excluding hydrogens is 361 g/mol. The van der Waals surface area contributed by atoms with E-state index >= 15 is 0 Å². The molecule has 0 atom stereocenters. The predicted octanol–water partition coefficient (Wildman–Crippen LogP) is 4.14. The molecule has 1 aliphatic rings. The summed E-state index contributed by atoms with van der Waals surface area (Å²) in [6.45, 7) is 1.23. The van der Waals surface area contributed by atoms with Crippen molar-refractivity contribution in [3.05, 3.63) is 62.7 Å². The van der Waals surface area contributed by atoms with E-state index in [2.05, 4.69) is 5.10 Å². The van der Waals surface area contributed by atoms with Gasteiger partial charge in [0.15, 0.2) is 0 Å². The van der Waals surface area contributed by atoms with Crippen LogP contribution in [0.5, 0.6) is 0 Å². The van der Waals surface area contributed by atoms with Crippen LogP contribution in [-0.4, -0.2) is 27.1 Å². The van der Waals surface area contributed by atoms with Crippen LogP contribution in [0.15, 0.2) is 36.4 Å². The second-order valence-corrected chi connectivity index (χ2v) is 7.79. The van der Waals surface area contributed by atoms with Gasteiger partial charge in [-0.25, -0.2) is 4.39 Å². The minimum Gasteiger partial charge on any atom is -0.333 e. The Balaban J connectivity index is 1.60. The molecule has 0 bridgehead atoms. The average molecular weight is 376 g/mol. The summed E-state index contributed by atoms with van der Waals surface area (Å²) in [6, 6.07) is 9.79. The fourth-order valence-corrected chi connectivity index (χ4v) is 4.36. The van der Waals surface area contributed by atoms with Crippen molar-refractivity contribution in [2.24, 2.45) is 7.05 Å². The number of halogens is 2. The van der Waals surface area contributed by atoms with Crippen molar-refractivity contribution < 1.29 is 9.18 Å². The highest BCUT2D eigenvalue weighted by atomic mass is 35.5. The van der Waals surface area contributed by atoms with Crippen LogP contribution in [0.3, 0.4) is 0 Å². The molecule has 0 spiro atoms. The summed E-state index contributed by atoms with van der Waals surface area (Å²) in [5.41, 5.74) is 3.07. The number of benzene rings is 1. The number of carbonyl (C=O) groups excluding carboxylic acids is 1. The smallest absolute Gasteiger partial charge is 0.272 e. The quantitative estimate of drug-likeness (QED) is 0.675. The van der Waals surface area contributed by atoms with E-state index < -0.39 is 0 Å². The summed E-state index contributed by atoms with van der Waals surface area (Å²) in [5.74, 6) is -0.356. The largest absolute Gasteiger partial charge is 0.333 e. The van der Waals surface area contributed by atoms with E-state index in [0.717, 1.165) is 21.9 Å². The molecule has 0 N–H and O–H groups in total. The molecule has 1 aromatic carbocycles. The van der Waals surface area contributed by atoms with E-state index in [1.165, 1.54) is 17.0 Å². The number of carbonyl (C=O) groups is 1. The molecule has 128 valence electrons. The molecule has 1 amide bonds. The third kappa shape index (κ3) is 3.07. The zero-order valence-corrected chi connectivity index (χ0v) is 15.1. The monoisotopic (exact) mass is 375 g/mol. The summed E-state index contributed by atoms with van der Waals surface area (Å²) in [4.78, 5) is 16.0. The molecule has 4 rings (SSSR count). The number of hydrogen-bond acceptors (Lipinski definition) is 3. The van der Waals surface area contributed by atoms with Crippen molar-refractivity contribution >= 4 is 28.8 Å². The number of amides is 1. The van der Waals surface area contributed by atoms with Crippen LogP contribution in [-0.2, 0) is 20.0 Å². The van der Waals surface area contributed by atoms with Crippen molar-refractivity contribution in [2.75, 3.05) is 6.54 Å². The van der Waals surface area contributed by atoms with Crippen molar-refractivity contribution in [1.82, 2.24) is 14.7 Å². The molecule has 0 saturated heterocycles. The van der Waals surface area contributed by atoms with Gasteiger partial charge >= 0.3 is 0 Å². The van der Waals surface area contributed by atoms with Crippen LogP contribution in [0, 0.1) is 5.82 Å². The topological polar surface area (TPSA) is 38.1 Å². The molecular formula is C18H15ClFN3OS. The molecule has 1 aliphatic heterocycles. The number of fused-ring (bicyclic) bond motifs is 1. The van der Waals surface area contributed by atoms with Crippen molar-refractivity contribution in [3.63, 3.8) is 0 Å². The van der Waals surface area contributed by atoms with Crippen LogP contribution >= 0.6 is 22.9 Å². The Morgan fingerprint density at radius 2 is 2.04 bits per heavy atom. The van der Waals surface area contributed by atoms with E-state index in [-0.39, 0.29) is 11.7 Å². The number of hydrogen-bond donors (Lipinski definition) is 0. The van der Waals surface area contributed by atoms with E-state index in [4.69, 9.17) is 11.6 Å². The van der Waals surface area contributed by atoms with Crippen LogP contribution in [0.4, 0.5) is 4.39 Å². The van der Waals surface area contributed by atoms with Crippen LogP contribution in [0.1, 0.15) is 20.9 Å². The first kappa shape index (κ1) is 16.3. The molecule has 0 fully saturated rings. The normalized spacial score (nSPS) is 13.8. The Bertz CT molecular complexity index is 948. The Kier molecular flexibility index (Phi) is 4.09. The minimum absolute atomic E-state index is 0.0589. The molecule has 7 heteroatoms. The van der Waals surface area contributed by atoms with E-state index in [1.54, 1.807) is 41.3 Å². The van der Waals surface area contributed by atoms with Crippen molar-refractivity contribution in [2.45, 2.75) is 13.0 Å². The Hall–Kier alpha value is -2.18. The number of aryl methyl sites for hydroxylation is 1. The maximum Gasteiger partial charge on any atom is 0.272 e. The zero-order valence-electron chi connectivity index (χ0n) is 13.5. The number of thiophene rings is 1. The SMILES string of the molecule is Cn1nc(-c2ccc(F)cc2)cc1C(=O)N1CCc2sc(Cl)cc2C1. The third-order valence-electron chi connectivity index (χ3n) is 4.36. The molecule has 0 saturated carbocycles. The number of rotatable bonds is 2. The van der Waals surface area contributed by atoms with Crippen molar-refractivity contribution in [1.29, 1.82) is 0 Å². The second-order valence-electron chi connectivity index (χ2n) is 6.02. The van der Waals surface area contributed by atoms with Gasteiger partial charge in [0.25, 0.3) is 5.91 Å². The average Bonchev–Trinajstić information content (AvgIpc) is 3.16. The van der Waals surface area contributed by atoms with E-state index in [0.29, 0.717) is 24.5 Å². The summed E-state index contributed by atoms with van der Waals surface area (Å²) < 4.78 is 15.4. The third-order valence-corrected chi connectivity index (χ3v) is 5.73. The molecule has 2 aromatic heterocycles. The highest BCUT2D eigenvalue weighted by Crippen LogP contribution is 2.31. The minimum atomic E-state index is -0.297. The van der Waals surface area contributed by atoms with Crippen molar-refractivity contribution in [3.8, 4) is 11.3 Å². The van der Waals surface area contributed by atoms with Gasteiger partial charge in [-0.3, -0.25) is 9.48 Å². The number of nitrogens with zero attached hydrogens (tertiary/aromatic N) is 3. The lowest BCUT2D eigenvalue weighted by molar-refractivity contribution is 0.0724. The summed E-state index contributed by atoms with van der Waals surface area (Å²) in [5, 5.41) is 4.40. The van der Waals surface area contributed by atoms with Crippen LogP contribution in [0.2, 0.25) is 4.34 Å². The Labute approximate surface area is 153 Å². The van der Waals surface area contributed by atoms with Crippen LogP contribution < -0.4 is 0 Å². The lowest BCUT2D eigenvalue weighted by Crippen LogP contribution is -2.36. The standard InChI is InChI=1S/C18H15ClFN3OS/c1-22-15(9-14(21-22)11-2-4-13(20)5-3-11)18(24)23-7-6-16-12(10-23)8-17(19)25-16/h2-5,8-9H,6-7,10H2,1H3. The molecule has 4 nitrogen and oxygen atoms in total. The Morgan fingerprint density at radius 3 is 2.80 bits per heavy atom. The lowest BCUT2D eigenvalue weighted by atomic mass is 10.1. The first-order chi connectivity index (χ1) is 12.0. The van der Waals surface area contributed by atoms with Gasteiger partial charge in [-0.05, 0) is 48.4 Å². The van der Waals surface area contributed by atoms with Gasteiger partial charge in [0.05, 0.1) is 10.0 Å². The fraction of sp³-hybridized carbons (Fsp3) is 0.222. The summed E-state index contributed by atoms with van der Waals surface area (Å²) >= 11 is 7.66. The molecule has 0 aliphatic carbocycles. The molecule has 0 radical (unpaired) electrons. The molecule has 0 unspecified atom stereocenters. The van der Waals surface area contributed by atoms with Gasteiger partial charge in [0, 0.05) is 30.6 Å². The van der Waals surface area contributed by atoms with E-state index in [1.807, 2.05) is 11.0 Å². The summed E-state index contributed by atoms with van der Waals surface area (Å²) in [7, 11) is 1.75. The predicted molar refractivity (Wildman–Crippen MR) is 96.4 cm³/mol. The molecule has 25 heavy (non-hydrogen) atoms. The molecule has 3 aromatic rings. The lowest BCUT2D eigenvalue weighted by Gasteiger charge is -2.26. The van der Waals surface area contributed by atoms with E-state index in [9.17, 15) is 9.18 Å². The highest BCUT2D eigenvalue weighted by Gasteiger charge is 2.26. The van der Waals surface area contributed by atoms with Gasteiger partial charge in [-0.2, -0.15) is 5.10 Å². The number of aromatic nitrogens is 2. The van der Waals surface area contributed by atoms with Crippen LogP contribution in [0.25, 0.3) is 11.3 Å². The summed E-state index contributed by atoms with van der Waals surface area (Å²) in [6.07, 6.45) is 0.821. The van der Waals surface area contributed by atoms with Gasteiger partial charge < -0.3 is 4.90 Å².